The maximum Gasteiger partial charge on any atom is 0.0562 e. The third-order valence-corrected chi connectivity index (χ3v) is 17.1. The largest absolute Gasteiger partial charge is 0.310 e. The van der Waals surface area contributed by atoms with Crippen LogP contribution in [0.2, 0.25) is 0 Å². The molecule has 0 unspecified atom stereocenters. The fourth-order valence-corrected chi connectivity index (χ4v) is 12.4. The summed E-state index contributed by atoms with van der Waals surface area (Å²) >= 11 is 0. The van der Waals surface area contributed by atoms with E-state index in [1.54, 1.807) is 0 Å². The van der Waals surface area contributed by atoms with Gasteiger partial charge in [0.05, 0.1) is 22.1 Å². The summed E-state index contributed by atoms with van der Waals surface area (Å²) in [6, 6.07) is 83.1. The lowest BCUT2D eigenvalue weighted by atomic mass is 9.81. The Morgan fingerprint density at radius 2 is 0.675 bits per heavy atom. The summed E-state index contributed by atoms with van der Waals surface area (Å²) in [7, 11) is 0. The second-order valence-electron chi connectivity index (χ2n) is 26.7. The van der Waals surface area contributed by atoms with Crippen LogP contribution in [0, 0.1) is 0 Å². The molecule has 0 bridgehead atoms. The Morgan fingerprint density at radius 3 is 1.07 bits per heavy atom. The van der Waals surface area contributed by atoms with Gasteiger partial charge in [-0.25, -0.2) is 0 Å². The second-order valence-corrected chi connectivity index (χ2v) is 26.7. The highest BCUT2D eigenvalue weighted by molar-refractivity contribution is 6.29. The van der Waals surface area contributed by atoms with Gasteiger partial charge in [-0.15, -0.1) is 0 Å². The van der Waals surface area contributed by atoms with Crippen LogP contribution in [-0.4, -0.2) is 9.13 Å². The zero-order valence-electron chi connectivity index (χ0n) is 49.1. The van der Waals surface area contributed by atoms with Crippen LogP contribution in [-0.2, 0) is 28.1 Å². The third-order valence-electron chi connectivity index (χ3n) is 17.1. The predicted molar refractivity (Wildman–Crippen MR) is 345 cm³/mol. The lowest BCUT2D eigenvalue weighted by molar-refractivity contribution is 0.588. The van der Waals surface area contributed by atoms with E-state index in [1.807, 2.05) is 0 Å². The van der Waals surface area contributed by atoms with Crippen LogP contribution >= 0.6 is 0 Å². The molecule has 0 radical (unpaired) electrons. The zero-order valence-corrected chi connectivity index (χ0v) is 49.1. The van der Waals surface area contributed by atoms with Crippen molar-refractivity contribution in [3.8, 4) is 11.4 Å². The van der Waals surface area contributed by atoms with E-state index >= 15 is 0 Å². The second kappa shape index (κ2) is 19.9. The molecule has 0 atom stereocenters. The van der Waals surface area contributed by atoms with Gasteiger partial charge in [0, 0.05) is 55.9 Å². The van der Waals surface area contributed by atoms with Crippen LogP contribution in [0.5, 0.6) is 0 Å². The first-order chi connectivity index (χ1) is 38.2. The quantitative estimate of drug-likeness (QED) is 0.133. The van der Waals surface area contributed by atoms with Crippen LogP contribution in [0.4, 0.5) is 17.1 Å². The highest BCUT2D eigenvalue weighted by atomic mass is 15.1. The summed E-state index contributed by atoms with van der Waals surface area (Å²) in [5.74, 6) is 0.261. The van der Waals surface area contributed by atoms with Crippen molar-refractivity contribution in [2.24, 2.45) is 0 Å². The average Bonchev–Trinajstić information content (AvgIpc) is 4.03. The molecule has 12 aromatic rings. The third kappa shape index (κ3) is 9.69. The van der Waals surface area contributed by atoms with Gasteiger partial charge in [0.25, 0.3) is 0 Å². The Hall–Kier alpha value is -8.14. The molecule has 400 valence electrons. The standard InChI is InChI=1S/C77H77N3/c1-74(2,3)54-29-25-52(26-30-54)63(53-27-31-55(32-28-53)75(4,5)6)42-23-51-24-43-66-70(49-51)79(58-19-15-13-16-20-58)68-47-45-65-64(72(66)68)46-48-69-73(65)67-44-41-62(50-71(67)80(69)59-21-17-14-18-22-59)78(60-37-33-56(34-38-60)76(7,8)9)61-39-35-57(36-40-61)77(10,11)12/h13-22,24-41,43-50,63H,23,42H2,1-12H3. The minimum absolute atomic E-state index is 0.0469. The van der Waals surface area contributed by atoms with Crippen molar-refractivity contribution < 1.29 is 0 Å². The molecule has 0 aliphatic rings. The SMILES string of the molecule is CC(C)(C)c1ccc(C(CCc2ccc3c4c5ccc6c(c5ccc4n(-c4ccccc4)c3c2)c2ccc(N(c3ccc(C(C)(C)C)cc3)c3ccc(C(C)(C)C)cc3)cc2n6-c2ccccc2)c2ccc(C(C)(C)C)cc2)cc1. The van der Waals surface area contributed by atoms with Crippen molar-refractivity contribution in [1.29, 1.82) is 0 Å². The van der Waals surface area contributed by atoms with Crippen molar-refractivity contribution in [2.45, 2.75) is 124 Å². The number of nitrogens with zero attached hydrogens (tertiary/aromatic N) is 3. The van der Waals surface area contributed by atoms with Gasteiger partial charge in [-0.2, -0.15) is 0 Å². The molecule has 10 aromatic carbocycles. The summed E-state index contributed by atoms with van der Waals surface area (Å²) in [4.78, 5) is 2.42. The summed E-state index contributed by atoms with van der Waals surface area (Å²) in [5.41, 5.74) is 20.2. The first kappa shape index (κ1) is 52.6. The normalized spacial score (nSPS) is 12.7. The Kier molecular flexibility index (Phi) is 13.1. The van der Waals surface area contributed by atoms with Gasteiger partial charge in [0.1, 0.15) is 0 Å². The minimum Gasteiger partial charge on any atom is -0.310 e. The highest BCUT2D eigenvalue weighted by Crippen LogP contribution is 2.46. The van der Waals surface area contributed by atoms with Gasteiger partial charge in [0.2, 0.25) is 0 Å². The van der Waals surface area contributed by atoms with Gasteiger partial charge < -0.3 is 14.0 Å². The molecule has 2 aromatic heterocycles. The molecule has 0 saturated heterocycles. The monoisotopic (exact) mass is 1040 g/mol. The molecule has 0 spiro atoms. The topological polar surface area (TPSA) is 13.1 Å². The van der Waals surface area contributed by atoms with Gasteiger partial charge in [-0.05, 0) is 163 Å². The summed E-state index contributed by atoms with van der Waals surface area (Å²) in [6.45, 7) is 27.5. The first-order valence-electron chi connectivity index (χ1n) is 29.0. The van der Waals surface area contributed by atoms with Gasteiger partial charge >= 0.3 is 0 Å². The molecule has 0 aliphatic heterocycles. The number of para-hydroxylation sites is 2. The summed E-state index contributed by atoms with van der Waals surface area (Å²) in [6.07, 6.45) is 1.95. The van der Waals surface area contributed by atoms with E-state index in [-0.39, 0.29) is 27.6 Å². The molecule has 0 fully saturated rings. The Morgan fingerprint density at radius 1 is 0.325 bits per heavy atom. The molecule has 3 heteroatoms. The van der Waals surface area contributed by atoms with E-state index in [9.17, 15) is 0 Å². The summed E-state index contributed by atoms with van der Waals surface area (Å²) in [5, 5.41) is 7.56. The molecule has 0 N–H and O–H groups in total. The van der Waals surface area contributed by atoms with Gasteiger partial charge in [0.15, 0.2) is 0 Å². The molecular weight excluding hydrogens is 967 g/mol. The number of aryl methyl sites for hydroxylation is 1. The van der Waals surface area contributed by atoms with Crippen molar-refractivity contribution in [3.63, 3.8) is 0 Å². The fourth-order valence-electron chi connectivity index (χ4n) is 12.4. The number of hydrogen-bond donors (Lipinski definition) is 0. The number of aromatic nitrogens is 2. The number of fused-ring (bicyclic) bond motifs is 9. The van der Waals surface area contributed by atoms with E-state index in [4.69, 9.17) is 0 Å². The van der Waals surface area contributed by atoms with Crippen LogP contribution in [0.25, 0.3) is 65.8 Å². The number of anilines is 3. The lowest BCUT2D eigenvalue weighted by Crippen LogP contribution is -2.14. The molecular formula is C77H77N3. The van der Waals surface area contributed by atoms with E-state index in [0.29, 0.717) is 0 Å². The fraction of sp³-hybridized carbons (Fsp3) is 0.247. The minimum atomic E-state index is 0.0469. The van der Waals surface area contributed by atoms with Crippen LogP contribution in [0.15, 0.2) is 218 Å². The van der Waals surface area contributed by atoms with E-state index < -0.39 is 0 Å². The van der Waals surface area contributed by atoms with Crippen molar-refractivity contribution in [1.82, 2.24) is 9.13 Å². The Balaban J connectivity index is 1.01. The molecule has 0 amide bonds. The van der Waals surface area contributed by atoms with Crippen LogP contribution in [0.3, 0.4) is 0 Å². The number of hydrogen-bond acceptors (Lipinski definition) is 1. The van der Waals surface area contributed by atoms with Crippen molar-refractivity contribution in [3.05, 3.63) is 257 Å². The smallest absolute Gasteiger partial charge is 0.0562 e. The van der Waals surface area contributed by atoms with E-state index in [0.717, 1.165) is 35.6 Å². The van der Waals surface area contributed by atoms with Crippen molar-refractivity contribution >= 4 is 71.4 Å². The number of rotatable bonds is 10. The maximum atomic E-state index is 2.50. The average molecular weight is 1040 g/mol. The lowest BCUT2D eigenvalue weighted by Gasteiger charge is -2.28. The predicted octanol–water partition coefficient (Wildman–Crippen LogP) is 21.5. The molecule has 2 heterocycles. The molecule has 80 heavy (non-hydrogen) atoms. The molecule has 12 rings (SSSR count). The van der Waals surface area contributed by atoms with E-state index in [2.05, 4.69) is 316 Å². The van der Waals surface area contributed by atoms with Gasteiger partial charge in [-0.1, -0.05) is 223 Å². The molecule has 3 nitrogen and oxygen atoms in total. The van der Waals surface area contributed by atoms with Crippen molar-refractivity contribution in [2.75, 3.05) is 4.90 Å². The van der Waals surface area contributed by atoms with Gasteiger partial charge in [-0.3, -0.25) is 0 Å². The zero-order chi connectivity index (χ0) is 55.9. The van der Waals surface area contributed by atoms with Crippen LogP contribution in [0.1, 0.15) is 134 Å². The van der Waals surface area contributed by atoms with Crippen LogP contribution < -0.4 is 4.90 Å². The summed E-state index contributed by atoms with van der Waals surface area (Å²) < 4.78 is 4.98. The van der Waals surface area contributed by atoms with E-state index in [1.165, 1.54) is 99.0 Å². The maximum absolute atomic E-state index is 2.50. The number of benzene rings is 10. The molecule has 0 aliphatic carbocycles. The Labute approximate surface area is 475 Å². The molecule has 0 saturated carbocycles. The first-order valence-corrected chi connectivity index (χ1v) is 29.0. The highest BCUT2D eigenvalue weighted by Gasteiger charge is 2.25. The Bertz CT molecular complexity index is 4090.